The third-order valence-electron chi connectivity index (χ3n) is 4.33. The van der Waals surface area contributed by atoms with E-state index < -0.39 is 0 Å². The van der Waals surface area contributed by atoms with E-state index in [9.17, 15) is 4.79 Å². The Morgan fingerprint density at radius 3 is 2.52 bits per heavy atom. The van der Waals surface area contributed by atoms with Crippen LogP contribution in [0.5, 0.6) is 0 Å². The van der Waals surface area contributed by atoms with Gasteiger partial charge in [-0.1, -0.05) is 30.3 Å². The van der Waals surface area contributed by atoms with Crippen molar-refractivity contribution in [3.05, 3.63) is 59.5 Å². The second kappa shape index (κ2) is 6.17. The summed E-state index contributed by atoms with van der Waals surface area (Å²) < 4.78 is 5.31. The Morgan fingerprint density at radius 1 is 1.19 bits per heavy atom. The van der Waals surface area contributed by atoms with Crippen molar-refractivity contribution in [1.29, 1.82) is 0 Å². The molecule has 110 valence electrons. The van der Waals surface area contributed by atoms with Gasteiger partial charge in [-0.15, -0.1) is 0 Å². The molecular formula is C18H21NO2. The van der Waals surface area contributed by atoms with E-state index >= 15 is 0 Å². The first-order chi connectivity index (χ1) is 10.2. The van der Waals surface area contributed by atoms with Crippen LogP contribution in [0.1, 0.15) is 34.5 Å². The van der Waals surface area contributed by atoms with Crippen molar-refractivity contribution in [3.8, 4) is 0 Å². The third kappa shape index (κ3) is 3.18. The summed E-state index contributed by atoms with van der Waals surface area (Å²) in [5.41, 5.74) is 2.32. The van der Waals surface area contributed by atoms with Crippen LogP contribution in [0.4, 0.5) is 0 Å². The van der Waals surface area contributed by atoms with Crippen LogP contribution in [0.2, 0.25) is 0 Å². The van der Waals surface area contributed by atoms with Gasteiger partial charge in [-0.25, -0.2) is 0 Å². The molecule has 3 heteroatoms. The fourth-order valence-electron chi connectivity index (χ4n) is 3.02. The lowest BCUT2D eigenvalue weighted by atomic mass is 9.90. The van der Waals surface area contributed by atoms with E-state index in [1.807, 2.05) is 17.9 Å². The molecule has 0 bridgehead atoms. The maximum absolute atomic E-state index is 12.4. The van der Waals surface area contributed by atoms with Crippen LogP contribution >= 0.6 is 0 Å². The highest BCUT2D eigenvalue weighted by atomic mass is 16.3. The minimum atomic E-state index is 0.0376. The molecule has 1 aliphatic rings. The monoisotopic (exact) mass is 283 g/mol. The average Bonchev–Trinajstić information content (AvgIpc) is 2.94. The number of carbonyl (C=O) groups excluding carboxylic acids is 1. The lowest BCUT2D eigenvalue weighted by molar-refractivity contribution is 0.0657. The molecule has 0 saturated carbocycles. The first kappa shape index (κ1) is 13.9. The predicted octanol–water partition coefficient (Wildman–Crippen LogP) is 3.68. The minimum absolute atomic E-state index is 0.0376. The number of amides is 1. The van der Waals surface area contributed by atoms with Gasteiger partial charge in [0.1, 0.15) is 0 Å². The fourth-order valence-corrected chi connectivity index (χ4v) is 3.02. The van der Waals surface area contributed by atoms with Crippen LogP contribution in [0.15, 0.2) is 47.1 Å². The van der Waals surface area contributed by atoms with Crippen LogP contribution in [0.25, 0.3) is 0 Å². The largest absolute Gasteiger partial charge is 0.459 e. The highest BCUT2D eigenvalue weighted by Gasteiger charge is 2.26. The van der Waals surface area contributed by atoms with Crippen LogP contribution in [0.3, 0.4) is 0 Å². The number of rotatable bonds is 3. The molecule has 0 spiro atoms. The Hall–Kier alpha value is -2.03. The number of carbonyl (C=O) groups is 1. The van der Waals surface area contributed by atoms with Crippen LogP contribution < -0.4 is 0 Å². The lowest BCUT2D eigenvalue weighted by Crippen LogP contribution is -2.39. The summed E-state index contributed by atoms with van der Waals surface area (Å²) in [6.07, 6.45) is 4.84. The Labute approximate surface area is 125 Å². The molecular weight excluding hydrogens is 262 g/mol. The molecule has 21 heavy (non-hydrogen) atoms. The van der Waals surface area contributed by atoms with Gasteiger partial charge in [0.2, 0.25) is 0 Å². The molecule has 1 aromatic heterocycles. The van der Waals surface area contributed by atoms with Crippen LogP contribution in [0, 0.1) is 12.8 Å². The summed E-state index contributed by atoms with van der Waals surface area (Å²) >= 11 is 0. The lowest BCUT2D eigenvalue weighted by Gasteiger charge is -2.31. The molecule has 1 fully saturated rings. The average molecular weight is 283 g/mol. The number of aryl methyl sites for hydroxylation is 1. The highest BCUT2D eigenvalue weighted by molar-refractivity contribution is 5.92. The van der Waals surface area contributed by atoms with Crippen LogP contribution in [-0.4, -0.2) is 23.9 Å². The van der Waals surface area contributed by atoms with Crippen LogP contribution in [-0.2, 0) is 6.42 Å². The van der Waals surface area contributed by atoms with Crippen molar-refractivity contribution >= 4 is 5.91 Å². The maximum Gasteiger partial charge on any atom is 0.289 e. The van der Waals surface area contributed by atoms with Crippen molar-refractivity contribution in [3.63, 3.8) is 0 Å². The van der Waals surface area contributed by atoms with Gasteiger partial charge < -0.3 is 9.32 Å². The van der Waals surface area contributed by atoms with Gasteiger partial charge in [0, 0.05) is 18.7 Å². The second-order valence-corrected chi connectivity index (χ2v) is 5.86. The number of likely N-dealkylation sites (tertiary alicyclic amines) is 1. The topological polar surface area (TPSA) is 33.5 Å². The molecule has 1 saturated heterocycles. The first-order valence-electron chi connectivity index (χ1n) is 7.61. The molecule has 1 aromatic carbocycles. The van der Waals surface area contributed by atoms with Crippen molar-refractivity contribution < 1.29 is 9.21 Å². The van der Waals surface area contributed by atoms with E-state index in [4.69, 9.17) is 4.42 Å². The summed E-state index contributed by atoms with van der Waals surface area (Å²) in [4.78, 5) is 14.3. The van der Waals surface area contributed by atoms with E-state index in [1.54, 1.807) is 6.26 Å². The van der Waals surface area contributed by atoms with Gasteiger partial charge in [0.05, 0.1) is 6.26 Å². The number of benzene rings is 1. The SMILES string of the molecule is Cc1ccoc1C(=O)N1CCC(Cc2ccccc2)CC1. The molecule has 0 radical (unpaired) electrons. The van der Waals surface area contributed by atoms with Gasteiger partial charge in [-0.05, 0) is 43.7 Å². The fraction of sp³-hybridized carbons (Fsp3) is 0.389. The number of nitrogens with zero attached hydrogens (tertiary/aromatic N) is 1. The molecule has 0 unspecified atom stereocenters. The zero-order valence-corrected chi connectivity index (χ0v) is 12.4. The van der Waals surface area contributed by atoms with E-state index in [-0.39, 0.29) is 5.91 Å². The van der Waals surface area contributed by atoms with Gasteiger partial charge in [-0.2, -0.15) is 0 Å². The van der Waals surface area contributed by atoms with E-state index in [0.717, 1.165) is 37.9 Å². The van der Waals surface area contributed by atoms with Crippen molar-refractivity contribution in [1.82, 2.24) is 4.90 Å². The molecule has 3 nitrogen and oxygen atoms in total. The van der Waals surface area contributed by atoms with Crippen molar-refractivity contribution in [2.45, 2.75) is 26.2 Å². The summed E-state index contributed by atoms with van der Waals surface area (Å²) in [7, 11) is 0. The molecule has 0 aliphatic carbocycles. The Kier molecular flexibility index (Phi) is 4.09. The number of piperidine rings is 1. The molecule has 2 aromatic rings. The maximum atomic E-state index is 12.4. The third-order valence-corrected chi connectivity index (χ3v) is 4.33. The van der Waals surface area contributed by atoms with E-state index in [2.05, 4.69) is 30.3 Å². The van der Waals surface area contributed by atoms with Crippen molar-refractivity contribution in [2.24, 2.45) is 5.92 Å². The Balaban J connectivity index is 1.56. The summed E-state index contributed by atoms with van der Waals surface area (Å²) in [5.74, 6) is 1.21. The van der Waals surface area contributed by atoms with E-state index in [1.165, 1.54) is 5.56 Å². The number of hydrogen-bond donors (Lipinski definition) is 0. The standard InChI is InChI=1S/C18H21NO2/c1-14-9-12-21-17(14)18(20)19-10-7-16(8-11-19)13-15-5-3-2-4-6-15/h2-6,9,12,16H,7-8,10-11,13H2,1H3. The molecule has 1 amide bonds. The summed E-state index contributed by atoms with van der Waals surface area (Å²) in [5, 5.41) is 0. The molecule has 0 N–H and O–H groups in total. The smallest absolute Gasteiger partial charge is 0.289 e. The van der Waals surface area contributed by atoms with E-state index in [0.29, 0.717) is 11.7 Å². The van der Waals surface area contributed by atoms with Gasteiger partial charge in [0.15, 0.2) is 5.76 Å². The van der Waals surface area contributed by atoms with Gasteiger partial charge >= 0.3 is 0 Å². The Morgan fingerprint density at radius 2 is 1.90 bits per heavy atom. The first-order valence-corrected chi connectivity index (χ1v) is 7.61. The van der Waals surface area contributed by atoms with Gasteiger partial charge in [0.25, 0.3) is 5.91 Å². The summed E-state index contributed by atoms with van der Waals surface area (Å²) in [6, 6.07) is 12.4. The number of hydrogen-bond acceptors (Lipinski definition) is 2. The minimum Gasteiger partial charge on any atom is -0.459 e. The van der Waals surface area contributed by atoms with Crippen molar-refractivity contribution in [2.75, 3.05) is 13.1 Å². The number of furan rings is 1. The molecule has 3 rings (SSSR count). The summed E-state index contributed by atoms with van der Waals surface area (Å²) in [6.45, 7) is 3.58. The molecule has 1 aliphatic heterocycles. The highest BCUT2D eigenvalue weighted by Crippen LogP contribution is 2.23. The second-order valence-electron chi connectivity index (χ2n) is 5.86. The zero-order valence-electron chi connectivity index (χ0n) is 12.4. The zero-order chi connectivity index (χ0) is 14.7. The normalized spacial score (nSPS) is 16.1. The molecule has 2 heterocycles. The molecule has 0 atom stereocenters. The predicted molar refractivity (Wildman–Crippen MR) is 82.2 cm³/mol. The van der Waals surface area contributed by atoms with Gasteiger partial charge in [-0.3, -0.25) is 4.79 Å². The quantitative estimate of drug-likeness (QED) is 0.861. The Bertz CT molecular complexity index is 595.